The van der Waals surface area contributed by atoms with Crippen molar-refractivity contribution in [3.63, 3.8) is 0 Å². The molecule has 0 unspecified atom stereocenters. The zero-order chi connectivity index (χ0) is 11.2. The molecule has 16 heavy (non-hydrogen) atoms. The number of hydrogen-bond donors (Lipinski definition) is 1. The third-order valence-corrected chi connectivity index (χ3v) is 2.90. The molecule has 1 saturated carbocycles. The van der Waals surface area contributed by atoms with Crippen molar-refractivity contribution in [1.82, 2.24) is 9.88 Å². The molecule has 0 aromatic carbocycles. The van der Waals surface area contributed by atoms with Gasteiger partial charge in [0.25, 0.3) is 0 Å². The van der Waals surface area contributed by atoms with Crippen LogP contribution in [0.1, 0.15) is 31.9 Å². The monoisotopic (exact) mass is 222 g/mol. The fourth-order valence-electron chi connectivity index (χ4n) is 1.77. The van der Waals surface area contributed by atoms with E-state index in [1.807, 2.05) is 0 Å². The van der Waals surface area contributed by atoms with Crippen LogP contribution in [0.4, 0.5) is 0 Å². The molecule has 0 saturated heterocycles. The highest BCUT2D eigenvalue weighted by atomic mass is 16.5. The molecule has 0 radical (unpaired) electrons. The molecule has 3 nitrogen and oxygen atoms in total. The Bertz CT molecular complexity index is 305. The van der Waals surface area contributed by atoms with E-state index in [1.54, 1.807) is 0 Å². The van der Waals surface area contributed by atoms with Gasteiger partial charge in [0.05, 0.1) is 6.61 Å². The standard InChI is InChI=1S/C13H22N2O/c1-2-9-16-10-8-15-7-3-4-13(15)11-14-12-5-6-12/h3-4,7,12,14H,2,5-6,8-11H2,1H3. The predicted octanol–water partition coefficient (Wildman–Crippen LogP) is 2.17. The molecule has 0 bridgehead atoms. The summed E-state index contributed by atoms with van der Waals surface area (Å²) in [7, 11) is 0. The number of rotatable bonds is 8. The van der Waals surface area contributed by atoms with Crippen LogP contribution in [0.5, 0.6) is 0 Å². The van der Waals surface area contributed by atoms with Gasteiger partial charge in [-0.25, -0.2) is 0 Å². The smallest absolute Gasteiger partial charge is 0.0645 e. The molecule has 1 aromatic rings. The molecule has 0 atom stereocenters. The number of hydrogen-bond acceptors (Lipinski definition) is 2. The van der Waals surface area contributed by atoms with Gasteiger partial charge in [-0.05, 0) is 31.4 Å². The topological polar surface area (TPSA) is 26.2 Å². The van der Waals surface area contributed by atoms with Gasteiger partial charge >= 0.3 is 0 Å². The SMILES string of the molecule is CCCOCCn1cccc1CNC1CC1. The molecule has 1 N–H and O–H groups in total. The van der Waals surface area contributed by atoms with Crippen LogP contribution in [0.2, 0.25) is 0 Å². The number of nitrogens with one attached hydrogen (secondary N) is 1. The van der Waals surface area contributed by atoms with Crippen molar-refractivity contribution in [2.45, 2.75) is 45.3 Å². The number of nitrogens with zero attached hydrogens (tertiary/aromatic N) is 1. The van der Waals surface area contributed by atoms with E-state index >= 15 is 0 Å². The summed E-state index contributed by atoms with van der Waals surface area (Å²) in [5.41, 5.74) is 1.37. The molecule has 1 aromatic heterocycles. The summed E-state index contributed by atoms with van der Waals surface area (Å²) in [6.07, 6.45) is 5.93. The summed E-state index contributed by atoms with van der Waals surface area (Å²) in [5.74, 6) is 0. The van der Waals surface area contributed by atoms with Crippen molar-refractivity contribution in [2.24, 2.45) is 0 Å². The van der Waals surface area contributed by atoms with Crippen LogP contribution >= 0.6 is 0 Å². The lowest BCUT2D eigenvalue weighted by Crippen LogP contribution is -2.18. The van der Waals surface area contributed by atoms with Gasteiger partial charge in [0.1, 0.15) is 0 Å². The second kappa shape index (κ2) is 6.06. The Morgan fingerprint density at radius 3 is 3.06 bits per heavy atom. The highest BCUT2D eigenvalue weighted by Gasteiger charge is 2.20. The van der Waals surface area contributed by atoms with Gasteiger partial charge in [-0.3, -0.25) is 0 Å². The maximum Gasteiger partial charge on any atom is 0.0645 e. The highest BCUT2D eigenvalue weighted by Crippen LogP contribution is 2.19. The Balaban J connectivity index is 1.71. The molecule has 2 rings (SSSR count). The van der Waals surface area contributed by atoms with E-state index < -0.39 is 0 Å². The van der Waals surface area contributed by atoms with E-state index in [9.17, 15) is 0 Å². The average molecular weight is 222 g/mol. The zero-order valence-corrected chi connectivity index (χ0v) is 10.1. The lowest BCUT2D eigenvalue weighted by atomic mass is 10.4. The fourth-order valence-corrected chi connectivity index (χ4v) is 1.77. The van der Waals surface area contributed by atoms with Gasteiger partial charge in [0, 0.05) is 37.6 Å². The third kappa shape index (κ3) is 3.65. The summed E-state index contributed by atoms with van der Waals surface area (Å²) in [6, 6.07) is 5.08. The van der Waals surface area contributed by atoms with Crippen molar-refractivity contribution in [1.29, 1.82) is 0 Å². The van der Waals surface area contributed by atoms with Gasteiger partial charge in [0.15, 0.2) is 0 Å². The van der Waals surface area contributed by atoms with Gasteiger partial charge in [0.2, 0.25) is 0 Å². The van der Waals surface area contributed by atoms with E-state index in [2.05, 4.69) is 35.1 Å². The van der Waals surface area contributed by atoms with Crippen LogP contribution < -0.4 is 5.32 Å². The Kier molecular flexibility index (Phi) is 4.43. The lowest BCUT2D eigenvalue weighted by molar-refractivity contribution is 0.126. The third-order valence-electron chi connectivity index (χ3n) is 2.90. The fraction of sp³-hybridized carbons (Fsp3) is 0.692. The Hall–Kier alpha value is -0.800. The number of aromatic nitrogens is 1. The summed E-state index contributed by atoms with van der Waals surface area (Å²) >= 11 is 0. The van der Waals surface area contributed by atoms with Crippen LogP contribution in [0, 0.1) is 0 Å². The van der Waals surface area contributed by atoms with Crippen molar-refractivity contribution >= 4 is 0 Å². The van der Waals surface area contributed by atoms with E-state index in [4.69, 9.17) is 4.74 Å². The molecule has 0 amide bonds. The van der Waals surface area contributed by atoms with Crippen molar-refractivity contribution in [2.75, 3.05) is 13.2 Å². The van der Waals surface area contributed by atoms with Crippen LogP contribution in [-0.4, -0.2) is 23.8 Å². The largest absolute Gasteiger partial charge is 0.380 e. The molecule has 1 heterocycles. The van der Waals surface area contributed by atoms with Crippen LogP contribution in [0.15, 0.2) is 18.3 Å². The van der Waals surface area contributed by atoms with Crippen molar-refractivity contribution < 1.29 is 4.74 Å². The van der Waals surface area contributed by atoms with Crippen LogP contribution in [-0.2, 0) is 17.8 Å². The Labute approximate surface area is 97.8 Å². The van der Waals surface area contributed by atoms with Crippen LogP contribution in [0.3, 0.4) is 0 Å². The van der Waals surface area contributed by atoms with Crippen molar-refractivity contribution in [3.05, 3.63) is 24.0 Å². The molecule has 1 aliphatic rings. The first-order chi connectivity index (χ1) is 7.90. The molecule has 3 heteroatoms. The lowest BCUT2D eigenvalue weighted by Gasteiger charge is -2.10. The highest BCUT2D eigenvalue weighted by molar-refractivity contribution is 5.07. The van der Waals surface area contributed by atoms with E-state index in [0.717, 1.165) is 38.8 Å². The first kappa shape index (κ1) is 11.7. The van der Waals surface area contributed by atoms with Gasteiger partial charge < -0.3 is 14.6 Å². The normalized spacial score (nSPS) is 15.6. The summed E-state index contributed by atoms with van der Waals surface area (Å²) < 4.78 is 7.79. The minimum atomic E-state index is 0.777. The predicted molar refractivity (Wildman–Crippen MR) is 65.4 cm³/mol. The maximum atomic E-state index is 5.51. The van der Waals surface area contributed by atoms with Gasteiger partial charge in [-0.2, -0.15) is 0 Å². The Morgan fingerprint density at radius 2 is 2.31 bits per heavy atom. The second-order valence-electron chi connectivity index (χ2n) is 4.46. The van der Waals surface area contributed by atoms with Crippen LogP contribution in [0.25, 0.3) is 0 Å². The quantitative estimate of drug-likeness (QED) is 0.682. The van der Waals surface area contributed by atoms with E-state index in [1.165, 1.54) is 18.5 Å². The molecule has 0 aliphatic heterocycles. The summed E-state index contributed by atoms with van der Waals surface area (Å²) in [5, 5.41) is 3.54. The minimum absolute atomic E-state index is 0.777. The van der Waals surface area contributed by atoms with E-state index in [-0.39, 0.29) is 0 Å². The second-order valence-corrected chi connectivity index (χ2v) is 4.46. The maximum absolute atomic E-state index is 5.51. The molecule has 1 aliphatic carbocycles. The average Bonchev–Trinajstić information content (AvgIpc) is 3.02. The Morgan fingerprint density at radius 1 is 1.44 bits per heavy atom. The minimum Gasteiger partial charge on any atom is -0.380 e. The molecular formula is C13H22N2O. The molecule has 0 spiro atoms. The van der Waals surface area contributed by atoms with Crippen molar-refractivity contribution in [3.8, 4) is 0 Å². The first-order valence-electron chi connectivity index (χ1n) is 6.35. The molecule has 1 fully saturated rings. The molecule has 90 valence electrons. The van der Waals surface area contributed by atoms with E-state index in [0.29, 0.717) is 0 Å². The van der Waals surface area contributed by atoms with Gasteiger partial charge in [-0.15, -0.1) is 0 Å². The summed E-state index contributed by atoms with van der Waals surface area (Å²) in [4.78, 5) is 0. The first-order valence-corrected chi connectivity index (χ1v) is 6.35. The van der Waals surface area contributed by atoms with Gasteiger partial charge in [-0.1, -0.05) is 6.92 Å². The zero-order valence-electron chi connectivity index (χ0n) is 10.1. The number of ether oxygens (including phenoxy) is 1. The summed E-state index contributed by atoms with van der Waals surface area (Å²) in [6.45, 7) is 5.79. The molecular weight excluding hydrogens is 200 g/mol.